The lowest BCUT2D eigenvalue weighted by Gasteiger charge is -2.22. The Hall–Kier alpha value is -4.66. The molecule has 2 amide bonds. The summed E-state index contributed by atoms with van der Waals surface area (Å²) in [6.45, 7) is 18.6. The molecule has 50 heavy (non-hydrogen) atoms. The summed E-state index contributed by atoms with van der Waals surface area (Å²) in [4.78, 5) is 25.7. The van der Waals surface area contributed by atoms with E-state index >= 15 is 0 Å². The zero-order valence-electron chi connectivity index (χ0n) is 29.6. The number of nitriles is 2. The first-order valence-electron chi connectivity index (χ1n) is 15.4. The van der Waals surface area contributed by atoms with Crippen molar-refractivity contribution >= 4 is 47.0 Å². The lowest BCUT2D eigenvalue weighted by molar-refractivity contribution is -0.118. The maximum absolute atomic E-state index is 14.1. The van der Waals surface area contributed by atoms with E-state index in [1.807, 2.05) is 53.7 Å². The van der Waals surface area contributed by atoms with Crippen molar-refractivity contribution in [2.75, 3.05) is 10.6 Å². The molecule has 264 valence electrons. The molecule has 14 heteroatoms. The Morgan fingerprint density at radius 2 is 0.980 bits per heavy atom. The van der Waals surface area contributed by atoms with Crippen LogP contribution >= 0.6 is 23.5 Å². The van der Waals surface area contributed by atoms with Crippen LogP contribution in [0.1, 0.15) is 91.9 Å². The van der Waals surface area contributed by atoms with Gasteiger partial charge in [0, 0.05) is 32.8 Å². The Labute approximate surface area is 299 Å². The molecular weight excluding hydrogens is 683 g/mol. The molecule has 0 saturated carbocycles. The van der Waals surface area contributed by atoms with E-state index in [0.717, 1.165) is 35.7 Å². The summed E-state index contributed by atoms with van der Waals surface area (Å²) in [7, 11) is 0. The summed E-state index contributed by atoms with van der Waals surface area (Å²) >= 11 is 2.15. The van der Waals surface area contributed by atoms with Crippen molar-refractivity contribution in [2.45, 2.75) is 99.4 Å². The lowest BCUT2D eigenvalue weighted by atomic mass is 9.93. The first kappa shape index (κ1) is 39.8. The van der Waals surface area contributed by atoms with Crippen LogP contribution < -0.4 is 10.6 Å². The van der Waals surface area contributed by atoms with Gasteiger partial charge in [0.1, 0.15) is 23.2 Å². The van der Waals surface area contributed by atoms with Gasteiger partial charge in [-0.05, 0) is 64.1 Å². The Balaban J connectivity index is 0.000000270. The standard InChI is InChI=1S/2C18H20FN3O2S/c2*1-17(2,3)14-9-15(22-24-14)21-16(23)18(4,5)25-13-7-6-11(10-20)8-12(13)19/h2*6-9H,1-5H3,(H,21,22,23). The van der Waals surface area contributed by atoms with E-state index < -0.39 is 21.1 Å². The normalized spacial score (nSPS) is 11.9. The molecular formula is C36H40F2N6O4S2. The van der Waals surface area contributed by atoms with E-state index in [4.69, 9.17) is 19.6 Å². The maximum Gasteiger partial charge on any atom is 0.241 e. The van der Waals surface area contributed by atoms with Crippen molar-refractivity contribution in [2.24, 2.45) is 0 Å². The largest absolute Gasteiger partial charge is 0.359 e. The van der Waals surface area contributed by atoms with Crippen LogP contribution in [-0.4, -0.2) is 31.6 Å². The summed E-state index contributed by atoms with van der Waals surface area (Å²) in [6.07, 6.45) is 0. The molecule has 0 spiro atoms. The van der Waals surface area contributed by atoms with Gasteiger partial charge in [0.25, 0.3) is 0 Å². The lowest BCUT2D eigenvalue weighted by Crippen LogP contribution is -2.34. The first-order valence-corrected chi connectivity index (χ1v) is 17.0. The number of nitrogens with zero attached hydrogens (tertiary/aromatic N) is 4. The molecule has 0 unspecified atom stereocenters. The highest BCUT2D eigenvalue weighted by Gasteiger charge is 2.33. The molecule has 2 N–H and O–H groups in total. The van der Waals surface area contributed by atoms with Gasteiger partial charge in [-0.2, -0.15) is 10.5 Å². The third kappa shape index (κ3) is 10.7. The van der Waals surface area contributed by atoms with Gasteiger partial charge in [0.05, 0.1) is 32.8 Å². The fourth-order valence-electron chi connectivity index (χ4n) is 3.86. The third-order valence-electron chi connectivity index (χ3n) is 6.93. The molecule has 0 saturated heterocycles. The molecule has 4 rings (SSSR count). The molecule has 2 aromatic carbocycles. The predicted molar refractivity (Wildman–Crippen MR) is 190 cm³/mol. The van der Waals surface area contributed by atoms with E-state index in [1.165, 1.54) is 24.3 Å². The van der Waals surface area contributed by atoms with Gasteiger partial charge in [-0.3, -0.25) is 9.59 Å². The van der Waals surface area contributed by atoms with Gasteiger partial charge >= 0.3 is 0 Å². The zero-order valence-corrected chi connectivity index (χ0v) is 31.2. The van der Waals surface area contributed by atoms with E-state index in [9.17, 15) is 18.4 Å². The summed E-state index contributed by atoms with van der Waals surface area (Å²) in [5.74, 6) is 0.262. The second kappa shape index (κ2) is 15.5. The second-order valence-electron chi connectivity index (χ2n) is 14.3. The molecule has 10 nitrogen and oxygen atoms in total. The summed E-state index contributed by atoms with van der Waals surface area (Å²) < 4.78 is 36.7. The van der Waals surface area contributed by atoms with Crippen molar-refractivity contribution in [3.8, 4) is 12.1 Å². The highest BCUT2D eigenvalue weighted by atomic mass is 32.2. The molecule has 0 atom stereocenters. The molecule has 0 radical (unpaired) electrons. The number of carbonyl (C=O) groups excluding carboxylic acids is 2. The van der Waals surface area contributed by atoms with Crippen LogP contribution in [0.4, 0.5) is 20.4 Å². The molecule has 0 aliphatic rings. The molecule has 4 aromatic rings. The van der Waals surface area contributed by atoms with E-state index in [1.54, 1.807) is 39.8 Å². The Bertz CT molecular complexity index is 1800. The predicted octanol–water partition coefficient (Wildman–Crippen LogP) is 8.98. The quantitative estimate of drug-likeness (QED) is 0.168. The van der Waals surface area contributed by atoms with E-state index in [0.29, 0.717) is 32.9 Å². The zero-order chi connectivity index (χ0) is 37.7. The van der Waals surface area contributed by atoms with Crippen LogP contribution in [0, 0.1) is 34.3 Å². The van der Waals surface area contributed by atoms with Gasteiger partial charge in [-0.15, -0.1) is 23.5 Å². The number of thioether (sulfide) groups is 2. The Morgan fingerprint density at radius 1 is 0.640 bits per heavy atom. The minimum atomic E-state index is -0.949. The number of hydrogen-bond acceptors (Lipinski definition) is 10. The number of halogens is 2. The monoisotopic (exact) mass is 722 g/mol. The smallest absolute Gasteiger partial charge is 0.241 e. The van der Waals surface area contributed by atoms with Crippen LogP contribution in [0.2, 0.25) is 0 Å². The number of benzene rings is 2. The van der Waals surface area contributed by atoms with Crippen LogP contribution in [0.25, 0.3) is 0 Å². The topological polar surface area (TPSA) is 158 Å². The maximum atomic E-state index is 14.1. The number of aromatic nitrogens is 2. The van der Waals surface area contributed by atoms with Crippen LogP contribution in [0.5, 0.6) is 0 Å². The molecule has 0 bridgehead atoms. The molecule has 0 fully saturated rings. The highest BCUT2D eigenvalue weighted by molar-refractivity contribution is 8.01. The SMILES string of the molecule is CC(C)(Sc1ccc(C#N)cc1F)C(=O)Nc1cc(C(C)(C)C)on1.CC(C)(Sc1ccc(C#N)cc1F)C(=O)Nc1cc(C(C)(C)C)on1. The summed E-state index contributed by atoms with van der Waals surface area (Å²) in [5.41, 5.74) is 0.0420. The molecule has 2 heterocycles. The van der Waals surface area contributed by atoms with Crippen molar-refractivity contribution in [1.82, 2.24) is 10.3 Å². The number of amides is 2. The minimum absolute atomic E-state index is 0.216. The van der Waals surface area contributed by atoms with Gasteiger partial charge in [0.2, 0.25) is 11.8 Å². The van der Waals surface area contributed by atoms with Crippen molar-refractivity contribution < 1.29 is 27.4 Å². The number of nitrogens with one attached hydrogen (secondary N) is 2. The van der Waals surface area contributed by atoms with Crippen molar-refractivity contribution in [1.29, 1.82) is 10.5 Å². The van der Waals surface area contributed by atoms with Crippen LogP contribution in [0.3, 0.4) is 0 Å². The number of carbonyl (C=O) groups is 2. The van der Waals surface area contributed by atoms with E-state index in [2.05, 4.69) is 20.9 Å². The third-order valence-corrected chi connectivity index (χ3v) is 9.42. The van der Waals surface area contributed by atoms with Crippen LogP contribution in [-0.2, 0) is 20.4 Å². The second-order valence-corrected chi connectivity index (χ2v) is 17.6. The van der Waals surface area contributed by atoms with Gasteiger partial charge in [0.15, 0.2) is 11.6 Å². The fraction of sp³-hybridized carbons (Fsp3) is 0.389. The number of hydrogen-bond donors (Lipinski definition) is 2. The van der Waals surface area contributed by atoms with E-state index in [-0.39, 0.29) is 33.8 Å². The number of rotatable bonds is 8. The van der Waals surface area contributed by atoms with Gasteiger partial charge < -0.3 is 19.7 Å². The highest BCUT2D eigenvalue weighted by Crippen LogP contribution is 2.37. The molecule has 0 aliphatic heterocycles. The van der Waals surface area contributed by atoms with Crippen molar-refractivity contribution in [3.63, 3.8) is 0 Å². The van der Waals surface area contributed by atoms with Crippen molar-refractivity contribution in [3.05, 3.63) is 82.8 Å². The first-order chi connectivity index (χ1) is 23.1. The average molecular weight is 723 g/mol. The Kier molecular flexibility index (Phi) is 12.3. The summed E-state index contributed by atoms with van der Waals surface area (Å²) in [5, 5.41) is 30.7. The minimum Gasteiger partial charge on any atom is -0.359 e. The molecule has 0 aliphatic carbocycles. The average Bonchev–Trinajstić information content (AvgIpc) is 3.69. The van der Waals surface area contributed by atoms with Gasteiger partial charge in [-0.1, -0.05) is 51.9 Å². The summed E-state index contributed by atoms with van der Waals surface area (Å²) in [6, 6.07) is 15.5. The number of anilines is 2. The fourth-order valence-corrected chi connectivity index (χ4v) is 5.83. The Morgan fingerprint density at radius 3 is 1.24 bits per heavy atom. The van der Waals surface area contributed by atoms with Gasteiger partial charge in [-0.25, -0.2) is 8.78 Å². The van der Waals surface area contributed by atoms with Crippen LogP contribution in [0.15, 0.2) is 67.4 Å². The molecule has 2 aromatic heterocycles.